The number of carbonyl (C=O) groups is 1. The van der Waals surface area contributed by atoms with Crippen molar-refractivity contribution in [2.45, 2.75) is 31.0 Å². The molecule has 0 aliphatic rings. The van der Waals surface area contributed by atoms with Crippen LogP contribution in [0, 0.1) is 0 Å². The van der Waals surface area contributed by atoms with Crippen LogP contribution < -0.4 is 0 Å². The van der Waals surface area contributed by atoms with E-state index in [2.05, 4.69) is 9.97 Å². The summed E-state index contributed by atoms with van der Waals surface area (Å²) in [7, 11) is 0. The Balaban J connectivity index is 2.29. The minimum absolute atomic E-state index is 0.0686. The molecule has 112 valence electrons. The second-order valence-corrected chi connectivity index (χ2v) is 5.60. The summed E-state index contributed by atoms with van der Waals surface area (Å²) in [6.07, 6.45) is -3.54. The van der Waals surface area contributed by atoms with Crippen molar-refractivity contribution < 1.29 is 18.0 Å². The lowest BCUT2D eigenvalue weighted by Gasteiger charge is -2.10. The average Bonchev–Trinajstić information content (AvgIpc) is 2.42. The Bertz CT molecular complexity index is 658. The molecule has 21 heavy (non-hydrogen) atoms. The van der Waals surface area contributed by atoms with Crippen LogP contribution in [0.25, 0.3) is 10.9 Å². The van der Waals surface area contributed by atoms with Gasteiger partial charge in [-0.2, -0.15) is 13.2 Å². The second kappa shape index (κ2) is 6.43. The maximum Gasteiger partial charge on any atom is 0.451 e. The Kier molecular flexibility index (Phi) is 4.82. The van der Waals surface area contributed by atoms with E-state index in [0.717, 1.165) is 0 Å². The van der Waals surface area contributed by atoms with Gasteiger partial charge in [-0.3, -0.25) is 0 Å². The molecule has 0 atom stereocenters. The van der Waals surface area contributed by atoms with Crippen LogP contribution in [-0.2, 0) is 11.0 Å². The highest BCUT2D eigenvalue weighted by Gasteiger charge is 2.35. The summed E-state index contributed by atoms with van der Waals surface area (Å²) in [4.78, 5) is 18.1. The maximum absolute atomic E-state index is 12.8. The highest BCUT2D eigenvalue weighted by Crippen LogP contribution is 2.32. The smallest absolute Gasteiger partial charge is 0.300 e. The normalized spacial score (nSPS) is 11.8. The Morgan fingerprint density at radius 3 is 2.62 bits per heavy atom. The van der Waals surface area contributed by atoms with Crippen molar-refractivity contribution in [2.24, 2.45) is 0 Å². The molecule has 0 fully saturated rings. The van der Waals surface area contributed by atoms with Gasteiger partial charge in [0.1, 0.15) is 10.8 Å². The zero-order chi connectivity index (χ0) is 15.5. The Labute approximate surface area is 124 Å². The van der Waals surface area contributed by atoms with Crippen LogP contribution in [0.15, 0.2) is 29.3 Å². The molecule has 0 spiro atoms. The average molecular weight is 314 g/mol. The van der Waals surface area contributed by atoms with Crippen LogP contribution in [0.1, 0.15) is 25.6 Å². The molecule has 0 radical (unpaired) electrons. The highest BCUT2D eigenvalue weighted by molar-refractivity contribution is 7.99. The number of rotatable bonds is 5. The minimum atomic E-state index is -4.57. The summed E-state index contributed by atoms with van der Waals surface area (Å²) < 4.78 is 38.4. The molecule has 3 nitrogen and oxygen atoms in total. The Hall–Kier alpha value is -1.63. The van der Waals surface area contributed by atoms with Crippen LogP contribution in [-0.4, -0.2) is 21.5 Å². The van der Waals surface area contributed by atoms with E-state index < -0.39 is 12.0 Å². The number of fused-ring (bicyclic) bond motifs is 1. The number of aromatic nitrogens is 2. The van der Waals surface area contributed by atoms with E-state index in [1.54, 1.807) is 18.2 Å². The molecule has 7 heteroatoms. The number of hydrogen-bond acceptors (Lipinski definition) is 4. The fourth-order valence-corrected chi connectivity index (χ4v) is 2.74. The van der Waals surface area contributed by atoms with Crippen LogP contribution in [0.5, 0.6) is 0 Å². The molecule has 0 bridgehead atoms. The largest absolute Gasteiger partial charge is 0.451 e. The summed E-state index contributed by atoms with van der Waals surface area (Å²) in [5.74, 6) is -0.521. The molecule has 0 aliphatic heterocycles. The second-order valence-electron chi connectivity index (χ2n) is 4.52. The minimum Gasteiger partial charge on any atom is -0.300 e. The van der Waals surface area contributed by atoms with E-state index in [9.17, 15) is 18.0 Å². The van der Waals surface area contributed by atoms with Gasteiger partial charge in [0, 0.05) is 11.8 Å². The van der Waals surface area contributed by atoms with E-state index in [4.69, 9.17) is 0 Å². The molecular weight excluding hydrogens is 301 g/mol. The van der Waals surface area contributed by atoms with Crippen molar-refractivity contribution in [1.29, 1.82) is 0 Å². The summed E-state index contributed by atoms with van der Waals surface area (Å²) in [6.45, 7) is 1.49. The fourth-order valence-electron chi connectivity index (χ4n) is 1.77. The molecule has 0 N–H and O–H groups in total. The summed E-state index contributed by atoms with van der Waals surface area (Å²) in [6, 6.07) is 6.60. The first-order valence-electron chi connectivity index (χ1n) is 6.34. The van der Waals surface area contributed by atoms with Crippen molar-refractivity contribution in [3.8, 4) is 0 Å². The van der Waals surface area contributed by atoms with E-state index in [-0.39, 0.29) is 11.3 Å². The molecule has 0 saturated carbocycles. The molecule has 0 aliphatic carbocycles. The van der Waals surface area contributed by atoms with Crippen LogP contribution in [0.3, 0.4) is 0 Å². The first-order chi connectivity index (χ1) is 9.88. The number of para-hydroxylation sites is 1. The highest BCUT2D eigenvalue weighted by atomic mass is 32.2. The fraction of sp³-hybridized carbons (Fsp3) is 0.357. The molecule has 0 unspecified atom stereocenters. The first-order valence-corrected chi connectivity index (χ1v) is 7.32. The van der Waals surface area contributed by atoms with E-state index >= 15 is 0 Å². The number of Topliss-reactive ketones (excluding diaryl/α,β-unsaturated/α-hetero) is 1. The molecule has 1 heterocycles. The quantitative estimate of drug-likeness (QED) is 0.473. The van der Waals surface area contributed by atoms with Gasteiger partial charge in [0.25, 0.3) is 0 Å². The third-order valence-corrected chi connectivity index (χ3v) is 3.81. The van der Waals surface area contributed by atoms with Crippen molar-refractivity contribution in [3.05, 3.63) is 30.1 Å². The van der Waals surface area contributed by atoms with Crippen LogP contribution in [0.4, 0.5) is 13.2 Å². The molecule has 0 saturated heterocycles. The van der Waals surface area contributed by atoms with Crippen molar-refractivity contribution in [2.75, 3.05) is 5.75 Å². The zero-order valence-electron chi connectivity index (χ0n) is 11.3. The number of thioether (sulfide) groups is 1. The Morgan fingerprint density at radius 1 is 1.24 bits per heavy atom. The molecule has 1 aromatic heterocycles. The van der Waals surface area contributed by atoms with E-state index in [0.29, 0.717) is 29.0 Å². The van der Waals surface area contributed by atoms with Gasteiger partial charge < -0.3 is 4.79 Å². The molecule has 2 aromatic rings. The summed E-state index contributed by atoms with van der Waals surface area (Å²) >= 11 is 1.22. The van der Waals surface area contributed by atoms with Crippen LogP contribution in [0.2, 0.25) is 0 Å². The lowest BCUT2D eigenvalue weighted by Crippen LogP contribution is -2.11. The third kappa shape index (κ3) is 4.17. The van der Waals surface area contributed by atoms with Crippen molar-refractivity contribution >= 4 is 28.4 Å². The Morgan fingerprint density at radius 2 is 1.95 bits per heavy atom. The standard InChI is InChI=1S/C14H13F3N2OS/c1-9(20)5-4-8-21-12-10-6-2-3-7-11(10)18-13(19-12)14(15,16)17/h2-3,6-7H,4-5,8H2,1H3. The predicted molar refractivity (Wildman–Crippen MR) is 75.2 cm³/mol. The lowest BCUT2D eigenvalue weighted by atomic mass is 10.2. The SMILES string of the molecule is CC(=O)CCCSc1nc(C(F)(F)F)nc2ccccc12. The number of ketones is 1. The van der Waals surface area contributed by atoms with Gasteiger partial charge in [0.15, 0.2) is 0 Å². The maximum atomic E-state index is 12.8. The van der Waals surface area contributed by atoms with E-state index in [1.165, 1.54) is 24.8 Å². The van der Waals surface area contributed by atoms with Crippen molar-refractivity contribution in [1.82, 2.24) is 9.97 Å². The number of hydrogen-bond donors (Lipinski definition) is 0. The van der Waals surface area contributed by atoms with Crippen LogP contribution >= 0.6 is 11.8 Å². The number of benzene rings is 1. The van der Waals surface area contributed by atoms with Gasteiger partial charge in [-0.05, 0) is 25.2 Å². The third-order valence-electron chi connectivity index (χ3n) is 2.73. The zero-order valence-corrected chi connectivity index (χ0v) is 12.1. The molecule has 2 rings (SSSR count). The molecule has 0 amide bonds. The molecular formula is C14H13F3N2OS. The number of halogens is 3. The topological polar surface area (TPSA) is 42.9 Å². The lowest BCUT2D eigenvalue weighted by molar-refractivity contribution is -0.145. The predicted octanol–water partition coefficient (Wildman–Crippen LogP) is 4.11. The van der Waals surface area contributed by atoms with Crippen molar-refractivity contribution in [3.63, 3.8) is 0 Å². The van der Waals surface area contributed by atoms with Gasteiger partial charge in [0.2, 0.25) is 5.82 Å². The summed E-state index contributed by atoms with van der Waals surface area (Å²) in [5, 5.41) is 0.898. The van der Waals surface area contributed by atoms with Gasteiger partial charge >= 0.3 is 6.18 Å². The number of carbonyl (C=O) groups excluding carboxylic acids is 1. The van der Waals surface area contributed by atoms with Gasteiger partial charge in [-0.15, -0.1) is 11.8 Å². The number of alkyl halides is 3. The van der Waals surface area contributed by atoms with E-state index in [1.807, 2.05) is 0 Å². The number of nitrogens with zero attached hydrogens (tertiary/aromatic N) is 2. The van der Waals surface area contributed by atoms with Gasteiger partial charge in [0.05, 0.1) is 5.52 Å². The molecule has 1 aromatic carbocycles. The van der Waals surface area contributed by atoms with Gasteiger partial charge in [-0.25, -0.2) is 9.97 Å². The summed E-state index contributed by atoms with van der Waals surface area (Å²) in [5.41, 5.74) is 0.272. The van der Waals surface area contributed by atoms with Gasteiger partial charge in [-0.1, -0.05) is 18.2 Å². The monoisotopic (exact) mass is 314 g/mol. The first kappa shape index (κ1) is 15.8.